The zero-order valence-corrected chi connectivity index (χ0v) is 17.2. The minimum Gasteiger partial charge on any atom is -0.493 e. The van der Waals surface area contributed by atoms with Crippen molar-refractivity contribution in [1.29, 1.82) is 0 Å². The van der Waals surface area contributed by atoms with Gasteiger partial charge in [-0.2, -0.15) is 13.2 Å². The van der Waals surface area contributed by atoms with Crippen LogP contribution in [0.25, 0.3) is 11.3 Å². The normalized spacial score (nSPS) is 20.1. The average molecular weight is 444 g/mol. The number of aromatic nitrogens is 1. The summed E-state index contributed by atoms with van der Waals surface area (Å²) in [7, 11) is -3.32. The molecule has 10 heteroatoms. The molecular formula is C20H23F3N2O4S. The summed E-state index contributed by atoms with van der Waals surface area (Å²) in [5.74, 6) is 0.446. The molecule has 0 amide bonds. The fourth-order valence-electron chi connectivity index (χ4n) is 3.09. The van der Waals surface area contributed by atoms with E-state index in [-0.39, 0.29) is 24.3 Å². The minimum atomic E-state index is -4.42. The molecule has 0 aliphatic carbocycles. The third kappa shape index (κ3) is 5.93. The molecule has 1 fully saturated rings. The van der Waals surface area contributed by atoms with Gasteiger partial charge in [-0.15, -0.1) is 0 Å². The highest BCUT2D eigenvalue weighted by atomic mass is 32.2. The van der Waals surface area contributed by atoms with E-state index in [1.54, 1.807) is 31.2 Å². The van der Waals surface area contributed by atoms with Gasteiger partial charge in [-0.1, -0.05) is 0 Å². The number of rotatable bonds is 7. The van der Waals surface area contributed by atoms with Crippen molar-refractivity contribution in [2.45, 2.75) is 25.6 Å². The summed E-state index contributed by atoms with van der Waals surface area (Å²) in [6.07, 6.45) is -3.04. The van der Waals surface area contributed by atoms with Gasteiger partial charge in [-0.3, -0.25) is 4.98 Å². The molecule has 1 saturated heterocycles. The monoisotopic (exact) mass is 444 g/mol. The van der Waals surface area contributed by atoms with Gasteiger partial charge < -0.3 is 9.47 Å². The predicted molar refractivity (Wildman–Crippen MR) is 105 cm³/mol. The van der Waals surface area contributed by atoms with Gasteiger partial charge in [-0.05, 0) is 49.7 Å². The molecule has 6 nitrogen and oxygen atoms in total. The molecule has 30 heavy (non-hydrogen) atoms. The van der Waals surface area contributed by atoms with E-state index in [1.807, 2.05) is 0 Å². The molecule has 1 aliphatic rings. The maximum Gasteiger partial charge on any atom is 0.417 e. The summed E-state index contributed by atoms with van der Waals surface area (Å²) in [5, 5.41) is 0. The topological polar surface area (TPSA) is 77.5 Å². The highest BCUT2D eigenvalue weighted by Gasteiger charge is 2.31. The number of halogens is 3. The molecule has 164 valence electrons. The molecule has 3 rings (SSSR count). The second-order valence-electron chi connectivity index (χ2n) is 7.02. The summed E-state index contributed by atoms with van der Waals surface area (Å²) in [6, 6.07) is 8.88. The van der Waals surface area contributed by atoms with Crippen LogP contribution in [0.15, 0.2) is 42.6 Å². The first kappa shape index (κ1) is 22.5. The molecule has 1 aliphatic heterocycles. The molecule has 2 unspecified atom stereocenters. The van der Waals surface area contributed by atoms with Gasteiger partial charge in [0, 0.05) is 30.3 Å². The van der Waals surface area contributed by atoms with Crippen LogP contribution in [-0.2, 0) is 20.9 Å². The first-order valence-electron chi connectivity index (χ1n) is 9.52. The fraction of sp³-hybridized carbons (Fsp3) is 0.450. The predicted octanol–water partition coefficient (Wildman–Crippen LogP) is 3.49. The standard InChI is InChI=1S/C20H23F3N2O4S/c1-2-30(26,27)25-19-9-10-28-12-15(19)13-29-17-6-3-14(4-7-17)18-8-5-16(11-24-18)20(21,22)23/h3-8,11,15,19,25H,2,9-10,12-13H2,1H3. The van der Waals surface area contributed by atoms with Crippen LogP contribution in [0.2, 0.25) is 0 Å². The number of sulfonamides is 1. The Morgan fingerprint density at radius 3 is 2.53 bits per heavy atom. The van der Waals surface area contributed by atoms with Crippen LogP contribution >= 0.6 is 0 Å². The van der Waals surface area contributed by atoms with E-state index in [9.17, 15) is 21.6 Å². The first-order chi connectivity index (χ1) is 14.2. The van der Waals surface area contributed by atoms with Crippen LogP contribution in [0, 0.1) is 5.92 Å². The van der Waals surface area contributed by atoms with E-state index in [0.29, 0.717) is 36.6 Å². The van der Waals surface area contributed by atoms with Crippen molar-refractivity contribution in [3.05, 3.63) is 48.2 Å². The Morgan fingerprint density at radius 2 is 1.93 bits per heavy atom. The van der Waals surface area contributed by atoms with E-state index in [1.165, 1.54) is 6.07 Å². The zero-order valence-electron chi connectivity index (χ0n) is 16.4. The minimum absolute atomic E-state index is 0.0113. The van der Waals surface area contributed by atoms with Crippen LogP contribution in [0.5, 0.6) is 5.75 Å². The van der Waals surface area contributed by atoms with Crippen molar-refractivity contribution in [3.8, 4) is 17.0 Å². The number of nitrogens with zero attached hydrogens (tertiary/aromatic N) is 1. The summed E-state index contributed by atoms with van der Waals surface area (Å²) >= 11 is 0. The van der Waals surface area contributed by atoms with Crippen LogP contribution in [-0.4, -0.2) is 45.0 Å². The highest BCUT2D eigenvalue weighted by molar-refractivity contribution is 7.89. The van der Waals surface area contributed by atoms with Crippen LogP contribution < -0.4 is 9.46 Å². The molecule has 0 radical (unpaired) electrons. The largest absolute Gasteiger partial charge is 0.493 e. The lowest BCUT2D eigenvalue weighted by Gasteiger charge is -2.31. The van der Waals surface area contributed by atoms with Gasteiger partial charge in [0.2, 0.25) is 10.0 Å². The molecule has 1 N–H and O–H groups in total. The Morgan fingerprint density at radius 1 is 1.20 bits per heavy atom. The lowest BCUT2D eigenvalue weighted by molar-refractivity contribution is -0.137. The number of benzene rings is 1. The molecular weight excluding hydrogens is 421 g/mol. The molecule has 2 aromatic rings. The molecule has 0 saturated carbocycles. The second-order valence-corrected chi connectivity index (χ2v) is 9.06. The van der Waals surface area contributed by atoms with E-state index in [0.717, 1.165) is 12.3 Å². The molecule has 1 aromatic heterocycles. The number of ether oxygens (including phenoxy) is 2. The van der Waals surface area contributed by atoms with Crippen LogP contribution in [0.4, 0.5) is 13.2 Å². The number of hydrogen-bond donors (Lipinski definition) is 1. The maximum absolute atomic E-state index is 12.6. The quantitative estimate of drug-likeness (QED) is 0.708. The fourth-order valence-corrected chi connectivity index (χ4v) is 4.03. The molecule has 0 spiro atoms. The van der Waals surface area contributed by atoms with Crippen LogP contribution in [0.1, 0.15) is 18.9 Å². The van der Waals surface area contributed by atoms with E-state index >= 15 is 0 Å². The van der Waals surface area contributed by atoms with Crippen molar-refractivity contribution < 1.29 is 31.1 Å². The number of nitrogens with one attached hydrogen (secondary N) is 1. The number of hydrogen-bond acceptors (Lipinski definition) is 5. The van der Waals surface area contributed by atoms with Crippen molar-refractivity contribution in [3.63, 3.8) is 0 Å². The summed E-state index contributed by atoms with van der Waals surface area (Å²) < 4.78 is 75.6. The van der Waals surface area contributed by atoms with Crippen molar-refractivity contribution in [1.82, 2.24) is 9.71 Å². The summed E-state index contributed by atoms with van der Waals surface area (Å²) in [4.78, 5) is 3.87. The Kier molecular flexibility index (Phi) is 6.99. The Bertz CT molecular complexity index is 932. The van der Waals surface area contributed by atoms with E-state index in [2.05, 4.69) is 9.71 Å². The Hall–Kier alpha value is -2.17. The molecule has 1 aromatic carbocycles. The highest BCUT2D eigenvalue weighted by Crippen LogP contribution is 2.30. The zero-order chi connectivity index (χ0) is 21.8. The van der Waals surface area contributed by atoms with Gasteiger partial charge in [-0.25, -0.2) is 13.1 Å². The summed E-state index contributed by atoms with van der Waals surface area (Å²) in [5.41, 5.74) is 0.282. The third-order valence-corrected chi connectivity index (χ3v) is 6.31. The van der Waals surface area contributed by atoms with Gasteiger partial charge in [0.05, 0.1) is 30.2 Å². The summed E-state index contributed by atoms with van der Waals surface area (Å²) in [6.45, 7) is 2.74. The Balaban J connectivity index is 1.61. The van der Waals surface area contributed by atoms with E-state index in [4.69, 9.17) is 9.47 Å². The lowest BCUT2D eigenvalue weighted by Crippen LogP contribution is -2.47. The molecule has 0 bridgehead atoms. The van der Waals surface area contributed by atoms with Crippen molar-refractivity contribution in [2.24, 2.45) is 5.92 Å². The lowest BCUT2D eigenvalue weighted by atomic mass is 9.98. The van der Waals surface area contributed by atoms with E-state index < -0.39 is 21.8 Å². The van der Waals surface area contributed by atoms with Crippen LogP contribution in [0.3, 0.4) is 0 Å². The van der Waals surface area contributed by atoms with Gasteiger partial charge in [0.1, 0.15) is 5.75 Å². The molecule has 2 atom stereocenters. The SMILES string of the molecule is CCS(=O)(=O)NC1CCOCC1COc1ccc(-c2ccc(C(F)(F)F)cn2)cc1. The average Bonchev–Trinajstić information content (AvgIpc) is 2.73. The molecule has 2 heterocycles. The van der Waals surface area contributed by atoms with Gasteiger partial charge in [0.25, 0.3) is 0 Å². The van der Waals surface area contributed by atoms with Gasteiger partial charge >= 0.3 is 6.18 Å². The maximum atomic E-state index is 12.6. The first-order valence-corrected chi connectivity index (χ1v) is 11.2. The smallest absolute Gasteiger partial charge is 0.417 e. The number of pyridine rings is 1. The van der Waals surface area contributed by atoms with Crippen molar-refractivity contribution >= 4 is 10.0 Å². The number of alkyl halides is 3. The third-order valence-electron chi connectivity index (χ3n) is 4.89. The second kappa shape index (κ2) is 9.32. The van der Waals surface area contributed by atoms with Crippen molar-refractivity contribution in [2.75, 3.05) is 25.6 Å². The van der Waals surface area contributed by atoms with Gasteiger partial charge in [0.15, 0.2) is 0 Å². The Labute approximate surface area is 173 Å².